The number of thioether (sulfide) groups is 1. The number of rotatable bonds is 4. The van der Waals surface area contributed by atoms with Crippen LogP contribution in [0.1, 0.15) is 11.3 Å². The molecule has 0 bridgehead atoms. The zero-order valence-electron chi connectivity index (χ0n) is 9.73. The Labute approximate surface area is 117 Å². The van der Waals surface area contributed by atoms with Crippen molar-refractivity contribution in [1.82, 2.24) is 9.55 Å². The van der Waals surface area contributed by atoms with Crippen LogP contribution in [0.2, 0.25) is 0 Å². The van der Waals surface area contributed by atoms with E-state index in [4.69, 9.17) is 5.11 Å². The average Bonchev–Trinajstić information content (AvgIpc) is 2.70. The van der Waals surface area contributed by atoms with E-state index < -0.39 is 0 Å². The Morgan fingerprint density at radius 2 is 2.28 bits per heavy atom. The topological polar surface area (TPSA) is 38.0 Å². The summed E-state index contributed by atoms with van der Waals surface area (Å²) < 4.78 is 16.2. The molecule has 0 aliphatic carbocycles. The maximum atomic E-state index is 13.6. The third-order valence-corrected chi connectivity index (χ3v) is 4.42. The molecule has 18 heavy (non-hydrogen) atoms. The van der Waals surface area contributed by atoms with E-state index >= 15 is 0 Å². The van der Waals surface area contributed by atoms with Crippen molar-refractivity contribution in [2.45, 2.75) is 17.5 Å². The fourth-order valence-electron chi connectivity index (χ4n) is 1.51. The van der Waals surface area contributed by atoms with Crippen LogP contribution in [-0.4, -0.2) is 14.7 Å². The minimum Gasteiger partial charge on any atom is -0.390 e. The monoisotopic (exact) mass is 330 g/mol. The van der Waals surface area contributed by atoms with E-state index in [9.17, 15) is 4.39 Å². The van der Waals surface area contributed by atoms with E-state index in [2.05, 4.69) is 20.9 Å². The lowest BCUT2D eigenvalue weighted by molar-refractivity contribution is 0.271. The highest BCUT2D eigenvalue weighted by Crippen LogP contribution is 2.28. The minimum atomic E-state index is -0.228. The van der Waals surface area contributed by atoms with Crippen LogP contribution >= 0.6 is 27.7 Å². The maximum absolute atomic E-state index is 13.6. The first-order valence-electron chi connectivity index (χ1n) is 5.30. The van der Waals surface area contributed by atoms with Crippen LogP contribution < -0.4 is 0 Å². The predicted molar refractivity (Wildman–Crippen MR) is 72.8 cm³/mol. The molecule has 0 saturated carbocycles. The molecule has 0 aliphatic rings. The van der Waals surface area contributed by atoms with Crippen molar-refractivity contribution < 1.29 is 9.50 Å². The van der Waals surface area contributed by atoms with Gasteiger partial charge in [0.25, 0.3) is 0 Å². The van der Waals surface area contributed by atoms with Gasteiger partial charge in [0.05, 0.1) is 18.5 Å². The normalized spacial score (nSPS) is 10.9. The second-order valence-electron chi connectivity index (χ2n) is 3.74. The van der Waals surface area contributed by atoms with Gasteiger partial charge in [-0.25, -0.2) is 9.37 Å². The molecule has 0 amide bonds. The molecule has 1 N–H and O–H groups in total. The third-order valence-electron chi connectivity index (χ3n) is 2.61. The van der Waals surface area contributed by atoms with Crippen molar-refractivity contribution >= 4 is 27.7 Å². The van der Waals surface area contributed by atoms with Crippen molar-refractivity contribution in [2.24, 2.45) is 7.05 Å². The molecule has 3 nitrogen and oxygen atoms in total. The lowest BCUT2D eigenvalue weighted by atomic mass is 10.2. The number of hydrogen-bond acceptors (Lipinski definition) is 3. The van der Waals surface area contributed by atoms with Gasteiger partial charge in [-0.15, -0.1) is 0 Å². The average molecular weight is 331 g/mol. The Kier molecular flexibility index (Phi) is 4.42. The van der Waals surface area contributed by atoms with Gasteiger partial charge in [-0.3, -0.25) is 0 Å². The summed E-state index contributed by atoms with van der Waals surface area (Å²) in [5.41, 5.74) is 1.36. The zero-order chi connectivity index (χ0) is 13.1. The van der Waals surface area contributed by atoms with Crippen molar-refractivity contribution in [3.8, 4) is 0 Å². The molecule has 0 aliphatic heterocycles. The molecule has 0 fully saturated rings. The molecule has 2 aromatic rings. The molecular formula is C12H12BrFN2OS. The Hall–Kier alpha value is -0.850. The quantitative estimate of drug-likeness (QED) is 0.875. The first kappa shape index (κ1) is 13.6. The molecule has 0 atom stereocenters. The van der Waals surface area contributed by atoms with Crippen molar-refractivity contribution in [2.75, 3.05) is 0 Å². The Bertz CT molecular complexity index is 539. The van der Waals surface area contributed by atoms with Crippen molar-refractivity contribution in [3.63, 3.8) is 0 Å². The summed E-state index contributed by atoms with van der Waals surface area (Å²) in [5, 5.41) is 9.83. The highest BCUT2D eigenvalue weighted by Gasteiger charge is 2.10. The van der Waals surface area contributed by atoms with E-state index in [1.807, 2.05) is 13.1 Å². The first-order chi connectivity index (χ1) is 8.63. The van der Waals surface area contributed by atoms with Gasteiger partial charge in [0.2, 0.25) is 0 Å². The molecule has 1 aromatic carbocycles. The third kappa shape index (κ3) is 2.76. The van der Waals surface area contributed by atoms with Gasteiger partial charge in [0.1, 0.15) is 5.82 Å². The van der Waals surface area contributed by atoms with Crippen LogP contribution in [-0.2, 0) is 19.4 Å². The number of aromatic nitrogens is 2. The number of nitrogens with zero attached hydrogens (tertiary/aromatic N) is 2. The number of aliphatic hydroxyl groups excluding tert-OH is 1. The van der Waals surface area contributed by atoms with E-state index in [-0.39, 0.29) is 12.4 Å². The number of halogens is 2. The number of imidazole rings is 1. The molecular weight excluding hydrogens is 319 g/mol. The summed E-state index contributed by atoms with van der Waals surface area (Å²) in [7, 11) is 1.83. The van der Waals surface area contributed by atoms with Gasteiger partial charge in [0, 0.05) is 22.8 Å². The molecule has 1 aromatic heterocycles. The Morgan fingerprint density at radius 3 is 2.89 bits per heavy atom. The lowest BCUT2D eigenvalue weighted by Crippen LogP contribution is -1.98. The van der Waals surface area contributed by atoms with Crippen molar-refractivity contribution in [1.29, 1.82) is 0 Å². The van der Waals surface area contributed by atoms with Gasteiger partial charge in [-0.05, 0) is 12.1 Å². The van der Waals surface area contributed by atoms with Crippen LogP contribution in [0.4, 0.5) is 4.39 Å². The highest BCUT2D eigenvalue weighted by molar-refractivity contribution is 9.10. The van der Waals surface area contributed by atoms with Crippen molar-refractivity contribution in [3.05, 3.63) is 45.9 Å². The standard InChI is InChI=1S/C12H12BrFN2OS/c1-16-8(6-17)5-15-12(16)18-7-9-10(13)3-2-4-11(9)14/h2-5,17H,6-7H2,1H3. The molecule has 0 radical (unpaired) electrons. The summed E-state index contributed by atoms with van der Waals surface area (Å²) in [4.78, 5) is 4.19. The molecule has 96 valence electrons. The van der Waals surface area contributed by atoms with Gasteiger partial charge in [0.15, 0.2) is 5.16 Å². The highest BCUT2D eigenvalue weighted by atomic mass is 79.9. The Balaban J connectivity index is 2.14. The molecule has 0 saturated heterocycles. The summed E-state index contributed by atoms with van der Waals surface area (Å²) in [6.07, 6.45) is 1.62. The van der Waals surface area contributed by atoms with Gasteiger partial charge < -0.3 is 9.67 Å². The number of hydrogen-bond donors (Lipinski definition) is 1. The molecule has 0 spiro atoms. The summed E-state index contributed by atoms with van der Waals surface area (Å²) in [6, 6.07) is 4.92. The number of aliphatic hydroxyl groups is 1. The van der Waals surface area contributed by atoms with Gasteiger partial charge in [-0.1, -0.05) is 33.8 Å². The second kappa shape index (κ2) is 5.86. The van der Waals surface area contributed by atoms with Crippen LogP contribution in [0.5, 0.6) is 0 Å². The fourth-order valence-corrected chi connectivity index (χ4v) is 3.19. The maximum Gasteiger partial charge on any atom is 0.168 e. The SMILES string of the molecule is Cn1c(CO)cnc1SCc1c(F)cccc1Br. The van der Waals surface area contributed by atoms with Crippen LogP contribution in [0, 0.1) is 5.82 Å². The summed E-state index contributed by atoms with van der Waals surface area (Å²) in [6.45, 7) is -0.0482. The molecule has 2 rings (SSSR count). The number of benzene rings is 1. The van der Waals surface area contributed by atoms with E-state index in [1.54, 1.807) is 16.8 Å². The van der Waals surface area contributed by atoms with Crippen LogP contribution in [0.25, 0.3) is 0 Å². The van der Waals surface area contributed by atoms with E-state index in [1.165, 1.54) is 17.8 Å². The van der Waals surface area contributed by atoms with Crippen LogP contribution in [0.15, 0.2) is 34.0 Å². The molecule has 0 unspecified atom stereocenters. The van der Waals surface area contributed by atoms with Gasteiger partial charge >= 0.3 is 0 Å². The zero-order valence-corrected chi connectivity index (χ0v) is 12.1. The Morgan fingerprint density at radius 1 is 1.50 bits per heavy atom. The lowest BCUT2D eigenvalue weighted by Gasteiger charge is -2.06. The smallest absolute Gasteiger partial charge is 0.168 e. The first-order valence-corrected chi connectivity index (χ1v) is 7.08. The minimum absolute atomic E-state index is 0.0482. The second-order valence-corrected chi connectivity index (χ2v) is 5.53. The molecule has 1 heterocycles. The summed E-state index contributed by atoms with van der Waals surface area (Å²) >= 11 is 4.77. The summed E-state index contributed by atoms with van der Waals surface area (Å²) in [5.74, 6) is 0.261. The fraction of sp³-hybridized carbons (Fsp3) is 0.250. The van der Waals surface area contributed by atoms with Crippen LogP contribution in [0.3, 0.4) is 0 Å². The predicted octanol–water partition coefficient (Wildman–Crippen LogP) is 3.11. The van der Waals surface area contributed by atoms with E-state index in [0.29, 0.717) is 11.3 Å². The molecule has 6 heteroatoms. The van der Waals surface area contributed by atoms with E-state index in [0.717, 1.165) is 15.3 Å². The largest absolute Gasteiger partial charge is 0.390 e. The van der Waals surface area contributed by atoms with Gasteiger partial charge in [-0.2, -0.15) is 0 Å².